The zero-order chi connectivity index (χ0) is 23.8. The van der Waals surface area contributed by atoms with Gasteiger partial charge in [0.2, 0.25) is 5.91 Å². The molecule has 2 aromatic rings. The molecule has 0 bridgehead atoms. The summed E-state index contributed by atoms with van der Waals surface area (Å²) in [7, 11) is 0. The fourth-order valence-electron chi connectivity index (χ4n) is 4.12. The topological polar surface area (TPSA) is 52.3 Å². The Bertz CT molecular complexity index is 937. The highest BCUT2D eigenvalue weighted by molar-refractivity contribution is 5.78. The highest BCUT2D eigenvalue weighted by atomic mass is 19.4. The molecule has 1 unspecified atom stereocenters. The fraction of sp³-hybridized carbons (Fsp3) is 0.409. The lowest BCUT2D eigenvalue weighted by molar-refractivity contribution is -0.143. The molecule has 174 valence electrons. The first-order valence-electron chi connectivity index (χ1n) is 9.77. The third-order valence-corrected chi connectivity index (χ3v) is 5.67. The lowest BCUT2D eigenvalue weighted by Gasteiger charge is -2.28. The van der Waals surface area contributed by atoms with Crippen molar-refractivity contribution in [3.8, 4) is 0 Å². The summed E-state index contributed by atoms with van der Waals surface area (Å²) in [6.07, 6.45) is -11.2. The van der Waals surface area contributed by atoms with Crippen molar-refractivity contribution < 1.29 is 40.3 Å². The van der Waals surface area contributed by atoms with Crippen LogP contribution in [0.2, 0.25) is 0 Å². The van der Waals surface area contributed by atoms with E-state index in [1.54, 1.807) is 0 Å². The average Bonchev–Trinajstić information content (AvgIpc) is 3.10. The SMILES string of the molecule is CC(O[C@H]1CC[C@@H](C(N)=O)[C@@H]1c1ccc(F)cc1)c1cc(C(F)(F)F)cc(C(F)(F)F)c1. The lowest BCUT2D eigenvalue weighted by Crippen LogP contribution is -2.30. The maximum Gasteiger partial charge on any atom is 0.416 e. The van der Waals surface area contributed by atoms with E-state index in [1.807, 2.05) is 0 Å². The molecule has 4 atom stereocenters. The monoisotopic (exact) mass is 463 g/mol. The molecule has 0 radical (unpaired) electrons. The third-order valence-electron chi connectivity index (χ3n) is 5.67. The predicted molar refractivity (Wildman–Crippen MR) is 101 cm³/mol. The minimum atomic E-state index is -4.98. The second-order valence-corrected chi connectivity index (χ2v) is 7.82. The van der Waals surface area contributed by atoms with Crippen LogP contribution in [0.25, 0.3) is 0 Å². The summed E-state index contributed by atoms with van der Waals surface area (Å²) in [4.78, 5) is 11.9. The van der Waals surface area contributed by atoms with Gasteiger partial charge >= 0.3 is 12.4 Å². The van der Waals surface area contributed by atoms with Gasteiger partial charge in [0.15, 0.2) is 0 Å². The summed E-state index contributed by atoms with van der Waals surface area (Å²) in [5, 5.41) is 0. The first kappa shape index (κ1) is 24.0. The molecule has 3 rings (SSSR count). The molecule has 0 aliphatic heterocycles. The number of rotatable bonds is 5. The van der Waals surface area contributed by atoms with Crippen LogP contribution in [0.1, 0.15) is 54.0 Å². The second kappa shape index (κ2) is 8.73. The number of nitrogens with two attached hydrogens (primary N) is 1. The molecular weight excluding hydrogens is 443 g/mol. The van der Waals surface area contributed by atoms with E-state index in [-0.39, 0.29) is 11.6 Å². The van der Waals surface area contributed by atoms with Crippen LogP contribution in [0.15, 0.2) is 42.5 Å². The van der Waals surface area contributed by atoms with Crippen LogP contribution in [0.5, 0.6) is 0 Å². The quantitative estimate of drug-likeness (QED) is 0.554. The van der Waals surface area contributed by atoms with E-state index >= 15 is 0 Å². The van der Waals surface area contributed by atoms with E-state index in [0.717, 1.165) is 0 Å². The maximum absolute atomic E-state index is 13.3. The summed E-state index contributed by atoms with van der Waals surface area (Å²) >= 11 is 0. The van der Waals surface area contributed by atoms with Gasteiger partial charge in [-0.1, -0.05) is 12.1 Å². The number of halogens is 7. The number of benzene rings is 2. The van der Waals surface area contributed by atoms with E-state index in [9.17, 15) is 35.5 Å². The van der Waals surface area contributed by atoms with Gasteiger partial charge < -0.3 is 10.5 Å². The summed E-state index contributed by atoms with van der Waals surface area (Å²) in [6.45, 7) is 1.34. The van der Waals surface area contributed by atoms with Crippen molar-refractivity contribution in [1.29, 1.82) is 0 Å². The van der Waals surface area contributed by atoms with Crippen molar-refractivity contribution in [3.63, 3.8) is 0 Å². The van der Waals surface area contributed by atoms with Crippen molar-refractivity contribution in [2.75, 3.05) is 0 Å². The van der Waals surface area contributed by atoms with Crippen molar-refractivity contribution in [3.05, 3.63) is 70.5 Å². The molecule has 3 nitrogen and oxygen atoms in total. The average molecular weight is 463 g/mol. The number of carbonyl (C=O) groups is 1. The van der Waals surface area contributed by atoms with Gasteiger partial charge in [-0.2, -0.15) is 26.3 Å². The molecule has 32 heavy (non-hydrogen) atoms. The van der Waals surface area contributed by atoms with Crippen molar-refractivity contribution in [2.24, 2.45) is 11.7 Å². The Balaban J connectivity index is 1.93. The number of amides is 1. The molecule has 2 N–H and O–H groups in total. The first-order chi connectivity index (χ1) is 14.8. The minimum Gasteiger partial charge on any atom is -0.370 e. The number of ether oxygens (including phenoxy) is 1. The number of hydrogen-bond donors (Lipinski definition) is 1. The van der Waals surface area contributed by atoms with E-state index in [2.05, 4.69) is 0 Å². The van der Waals surface area contributed by atoms with E-state index < -0.39 is 59.2 Å². The van der Waals surface area contributed by atoms with Crippen LogP contribution >= 0.6 is 0 Å². The van der Waals surface area contributed by atoms with Crippen LogP contribution in [-0.2, 0) is 21.9 Å². The smallest absolute Gasteiger partial charge is 0.370 e. The molecular formula is C22H20F7NO2. The standard InChI is InChI=1S/C22H20F7NO2/c1-11(13-8-14(21(24,25)26)10-15(9-13)22(27,28)29)32-18-7-6-17(20(30)31)19(18)12-2-4-16(23)5-3-12/h2-5,8-11,17-19H,6-7H2,1H3,(H2,30,31)/t11?,17-,18+,19+/m1/s1. The van der Waals surface area contributed by atoms with Crippen molar-refractivity contribution >= 4 is 5.91 Å². The number of carbonyl (C=O) groups excluding carboxylic acids is 1. The van der Waals surface area contributed by atoms with Crippen molar-refractivity contribution in [2.45, 2.75) is 50.2 Å². The van der Waals surface area contributed by atoms with Gasteiger partial charge in [0.1, 0.15) is 5.82 Å². The maximum atomic E-state index is 13.3. The van der Waals surface area contributed by atoms with Gasteiger partial charge in [0, 0.05) is 11.8 Å². The molecule has 0 heterocycles. The highest BCUT2D eigenvalue weighted by Gasteiger charge is 2.42. The third kappa shape index (κ3) is 5.23. The highest BCUT2D eigenvalue weighted by Crippen LogP contribution is 2.44. The molecule has 0 spiro atoms. The molecule has 1 aliphatic carbocycles. The van der Waals surface area contributed by atoms with Gasteiger partial charge in [-0.25, -0.2) is 4.39 Å². The first-order valence-corrected chi connectivity index (χ1v) is 9.77. The summed E-state index contributed by atoms with van der Waals surface area (Å²) < 4.78 is 98.2. The lowest BCUT2D eigenvalue weighted by atomic mass is 9.87. The number of primary amides is 1. The van der Waals surface area contributed by atoms with Crippen LogP contribution < -0.4 is 5.73 Å². The molecule has 1 fully saturated rings. The summed E-state index contributed by atoms with van der Waals surface area (Å²) in [5.41, 5.74) is 2.85. The summed E-state index contributed by atoms with van der Waals surface area (Å²) in [6, 6.07) is 6.57. The zero-order valence-corrected chi connectivity index (χ0v) is 16.8. The van der Waals surface area contributed by atoms with Crippen LogP contribution in [0.3, 0.4) is 0 Å². The van der Waals surface area contributed by atoms with Gasteiger partial charge in [-0.15, -0.1) is 0 Å². The molecule has 1 saturated carbocycles. The Morgan fingerprint density at radius 2 is 1.50 bits per heavy atom. The van der Waals surface area contributed by atoms with Gasteiger partial charge in [0.05, 0.1) is 23.3 Å². The largest absolute Gasteiger partial charge is 0.416 e. The summed E-state index contributed by atoms with van der Waals surface area (Å²) in [5.74, 6) is -2.39. The van der Waals surface area contributed by atoms with E-state index in [4.69, 9.17) is 10.5 Å². The zero-order valence-electron chi connectivity index (χ0n) is 16.8. The second-order valence-electron chi connectivity index (χ2n) is 7.82. The van der Waals surface area contributed by atoms with E-state index in [1.165, 1.54) is 31.2 Å². The molecule has 0 aromatic heterocycles. The fourth-order valence-corrected chi connectivity index (χ4v) is 4.12. The normalized spacial score (nSPS) is 22.7. The van der Waals surface area contributed by atoms with Crippen LogP contribution in [0, 0.1) is 11.7 Å². The molecule has 1 amide bonds. The Morgan fingerprint density at radius 3 is 1.97 bits per heavy atom. The molecule has 10 heteroatoms. The Labute approximate surface area is 179 Å². The Hall–Kier alpha value is -2.62. The van der Waals surface area contributed by atoms with Gasteiger partial charge in [0.25, 0.3) is 0 Å². The van der Waals surface area contributed by atoms with Gasteiger partial charge in [-0.05, 0) is 61.2 Å². The van der Waals surface area contributed by atoms with Crippen LogP contribution in [-0.4, -0.2) is 12.0 Å². The van der Waals surface area contributed by atoms with Gasteiger partial charge in [-0.3, -0.25) is 4.79 Å². The van der Waals surface area contributed by atoms with Crippen LogP contribution in [0.4, 0.5) is 30.7 Å². The number of hydrogen-bond acceptors (Lipinski definition) is 2. The molecule has 0 saturated heterocycles. The number of alkyl halides is 6. The van der Waals surface area contributed by atoms with Crippen molar-refractivity contribution in [1.82, 2.24) is 0 Å². The Morgan fingerprint density at radius 1 is 0.969 bits per heavy atom. The molecule has 2 aromatic carbocycles. The predicted octanol–water partition coefficient (Wildman–Crippen LogP) is 5.99. The van der Waals surface area contributed by atoms with E-state index in [0.29, 0.717) is 30.5 Å². The minimum absolute atomic E-state index is 0.0518. The Kier molecular flexibility index (Phi) is 6.55. The molecule has 1 aliphatic rings.